The fraction of sp³-hybridized carbons (Fsp3) is 0.333. The van der Waals surface area contributed by atoms with Crippen LogP contribution in [0.15, 0.2) is 30.3 Å². The molecule has 2 heterocycles. The van der Waals surface area contributed by atoms with Gasteiger partial charge in [-0.05, 0) is 54.8 Å². The number of carbonyl (C=O) groups is 2. The molecule has 0 saturated carbocycles. The lowest BCUT2D eigenvalue weighted by Gasteiger charge is -2.35. The Morgan fingerprint density at radius 3 is 2.58 bits per heavy atom. The van der Waals surface area contributed by atoms with Crippen molar-refractivity contribution < 1.29 is 23.8 Å². The lowest BCUT2D eigenvalue weighted by atomic mass is 9.93. The summed E-state index contributed by atoms with van der Waals surface area (Å²) in [6.45, 7) is 2.92. The monoisotopic (exact) mass is 471 g/mol. The number of ether oxygens (including phenoxy) is 3. The number of carbonyl (C=O) groups excluding carboxylic acids is 2. The quantitative estimate of drug-likeness (QED) is 0.524. The normalized spacial score (nSPS) is 15.7. The van der Waals surface area contributed by atoms with Gasteiger partial charge in [-0.2, -0.15) is 0 Å². The number of fused-ring (bicyclic) bond motifs is 2. The Bertz CT molecular complexity index is 1220. The molecule has 9 heteroatoms. The molecule has 0 saturated heterocycles. The van der Waals surface area contributed by atoms with E-state index >= 15 is 0 Å². The predicted molar refractivity (Wildman–Crippen MR) is 127 cm³/mol. The molecule has 0 spiro atoms. The second-order valence-corrected chi connectivity index (χ2v) is 8.34. The number of rotatable bonds is 6. The summed E-state index contributed by atoms with van der Waals surface area (Å²) in [6.07, 6.45) is 0.781. The Kier molecular flexibility index (Phi) is 6.49. The molecule has 3 aromatic rings. The third kappa shape index (κ3) is 4.36. The van der Waals surface area contributed by atoms with E-state index in [9.17, 15) is 9.59 Å². The van der Waals surface area contributed by atoms with Gasteiger partial charge in [-0.15, -0.1) is 0 Å². The summed E-state index contributed by atoms with van der Waals surface area (Å²) < 4.78 is 15.7. The zero-order chi connectivity index (χ0) is 23.7. The number of nitrogens with zero attached hydrogens (tertiary/aromatic N) is 1. The van der Waals surface area contributed by atoms with Crippen LogP contribution < -0.4 is 14.8 Å². The van der Waals surface area contributed by atoms with Crippen molar-refractivity contribution in [1.82, 2.24) is 9.88 Å². The van der Waals surface area contributed by atoms with E-state index in [1.54, 1.807) is 32.4 Å². The largest absolute Gasteiger partial charge is 0.493 e. The van der Waals surface area contributed by atoms with Gasteiger partial charge in [0.1, 0.15) is 5.69 Å². The SMILES string of the molecule is COC(=O)c1[nH]c2ccc(Cl)cc2c1NC(=O)CN1CCc2cc(OC)c(OC)cc2C1C. The van der Waals surface area contributed by atoms with Gasteiger partial charge in [-0.1, -0.05) is 11.6 Å². The molecule has 4 rings (SSSR count). The van der Waals surface area contributed by atoms with Gasteiger partial charge in [0.05, 0.1) is 33.6 Å². The molecule has 0 fully saturated rings. The van der Waals surface area contributed by atoms with E-state index in [0.717, 1.165) is 12.0 Å². The first-order valence-electron chi connectivity index (χ1n) is 10.5. The Morgan fingerprint density at radius 1 is 1.15 bits per heavy atom. The van der Waals surface area contributed by atoms with Crippen molar-refractivity contribution in [3.63, 3.8) is 0 Å². The minimum Gasteiger partial charge on any atom is -0.493 e. The molecule has 1 unspecified atom stereocenters. The zero-order valence-electron chi connectivity index (χ0n) is 19.0. The van der Waals surface area contributed by atoms with E-state index < -0.39 is 5.97 Å². The Morgan fingerprint density at radius 2 is 1.88 bits per heavy atom. The number of hydrogen-bond acceptors (Lipinski definition) is 6. The highest BCUT2D eigenvalue weighted by molar-refractivity contribution is 6.31. The lowest BCUT2D eigenvalue weighted by Crippen LogP contribution is -2.39. The maximum Gasteiger partial charge on any atom is 0.356 e. The third-order valence-corrected chi connectivity index (χ3v) is 6.31. The molecule has 2 N–H and O–H groups in total. The molecule has 1 aliphatic heterocycles. The highest BCUT2D eigenvalue weighted by Gasteiger charge is 2.28. The molecule has 1 aliphatic rings. The van der Waals surface area contributed by atoms with Gasteiger partial charge in [0.15, 0.2) is 11.5 Å². The van der Waals surface area contributed by atoms with Crippen molar-refractivity contribution in [2.24, 2.45) is 0 Å². The minimum absolute atomic E-state index is 0.00297. The summed E-state index contributed by atoms with van der Waals surface area (Å²) in [6, 6.07) is 9.14. The van der Waals surface area contributed by atoms with Crippen LogP contribution in [0.1, 0.15) is 34.6 Å². The van der Waals surface area contributed by atoms with Gasteiger partial charge in [-0.3, -0.25) is 9.69 Å². The number of aromatic nitrogens is 1. The van der Waals surface area contributed by atoms with Crippen molar-refractivity contribution in [3.8, 4) is 11.5 Å². The van der Waals surface area contributed by atoms with E-state index in [4.69, 9.17) is 25.8 Å². The lowest BCUT2D eigenvalue weighted by molar-refractivity contribution is -0.117. The first-order valence-corrected chi connectivity index (χ1v) is 10.9. The van der Waals surface area contributed by atoms with Crippen molar-refractivity contribution >= 4 is 40.1 Å². The Hall–Kier alpha value is -3.23. The first kappa shape index (κ1) is 22.9. The molecular formula is C24H26ClN3O5. The van der Waals surface area contributed by atoms with Gasteiger partial charge in [-0.25, -0.2) is 4.79 Å². The molecule has 33 heavy (non-hydrogen) atoms. The van der Waals surface area contributed by atoms with Crippen molar-refractivity contribution in [2.75, 3.05) is 39.7 Å². The number of hydrogen-bond donors (Lipinski definition) is 2. The molecule has 0 radical (unpaired) electrons. The van der Waals surface area contributed by atoms with Crippen LogP contribution in [-0.4, -0.2) is 56.2 Å². The van der Waals surface area contributed by atoms with Gasteiger partial charge in [0.2, 0.25) is 5.91 Å². The highest BCUT2D eigenvalue weighted by Crippen LogP contribution is 2.38. The smallest absolute Gasteiger partial charge is 0.356 e. The predicted octanol–water partition coefficient (Wildman–Crippen LogP) is 4.18. The number of aromatic amines is 1. The van der Waals surface area contributed by atoms with Crippen LogP contribution in [0, 0.1) is 0 Å². The number of anilines is 1. The van der Waals surface area contributed by atoms with Gasteiger partial charge in [0, 0.05) is 28.5 Å². The van der Waals surface area contributed by atoms with Crippen LogP contribution in [0.25, 0.3) is 10.9 Å². The average molecular weight is 472 g/mol. The number of H-pyrrole nitrogens is 1. The Balaban J connectivity index is 1.57. The fourth-order valence-corrected chi connectivity index (χ4v) is 4.50. The van der Waals surface area contributed by atoms with E-state index in [2.05, 4.69) is 22.1 Å². The second kappa shape index (κ2) is 9.33. The molecule has 174 valence electrons. The standard InChI is InChI=1S/C24H26ClN3O5/c1-13-16-11-20(32-3)19(31-2)9-14(16)7-8-28(13)12-21(29)27-22-17-10-15(25)5-6-18(17)26-23(22)24(30)33-4/h5-6,9-11,13,26H,7-8,12H2,1-4H3,(H,27,29). The minimum atomic E-state index is -0.570. The average Bonchev–Trinajstić information content (AvgIpc) is 3.16. The number of esters is 1. The maximum absolute atomic E-state index is 13.1. The number of halogens is 1. The van der Waals surface area contributed by atoms with Gasteiger partial charge in [0.25, 0.3) is 0 Å². The van der Waals surface area contributed by atoms with Crippen molar-refractivity contribution in [2.45, 2.75) is 19.4 Å². The summed E-state index contributed by atoms with van der Waals surface area (Å²) >= 11 is 6.15. The molecule has 1 amide bonds. The zero-order valence-corrected chi connectivity index (χ0v) is 19.7. The molecule has 1 atom stereocenters. The van der Waals surface area contributed by atoms with E-state index in [0.29, 0.717) is 39.7 Å². The van der Waals surface area contributed by atoms with E-state index in [-0.39, 0.29) is 24.2 Å². The third-order valence-electron chi connectivity index (χ3n) is 6.07. The fourth-order valence-electron chi connectivity index (χ4n) is 4.33. The topological polar surface area (TPSA) is 92.9 Å². The van der Waals surface area contributed by atoms with Crippen LogP contribution in [0.2, 0.25) is 5.02 Å². The summed E-state index contributed by atoms with van der Waals surface area (Å²) in [7, 11) is 4.52. The first-order chi connectivity index (χ1) is 15.9. The molecule has 0 aliphatic carbocycles. The number of methoxy groups -OCH3 is 3. The van der Waals surface area contributed by atoms with E-state index in [1.165, 1.54) is 12.7 Å². The highest BCUT2D eigenvalue weighted by atomic mass is 35.5. The molecular weight excluding hydrogens is 446 g/mol. The second-order valence-electron chi connectivity index (χ2n) is 7.91. The number of amides is 1. The summed E-state index contributed by atoms with van der Waals surface area (Å²) in [4.78, 5) is 30.4. The molecule has 0 bridgehead atoms. The maximum atomic E-state index is 13.1. The number of nitrogens with one attached hydrogen (secondary N) is 2. The van der Waals surface area contributed by atoms with Crippen LogP contribution >= 0.6 is 11.6 Å². The van der Waals surface area contributed by atoms with E-state index in [1.807, 2.05) is 12.1 Å². The summed E-state index contributed by atoms with van der Waals surface area (Å²) in [5.41, 5.74) is 3.49. The van der Waals surface area contributed by atoms with Crippen LogP contribution in [-0.2, 0) is 16.0 Å². The van der Waals surface area contributed by atoms with Crippen LogP contribution in [0.5, 0.6) is 11.5 Å². The van der Waals surface area contributed by atoms with Gasteiger partial charge < -0.3 is 24.5 Å². The van der Waals surface area contributed by atoms with Crippen molar-refractivity contribution in [1.29, 1.82) is 0 Å². The Labute approximate surface area is 196 Å². The molecule has 1 aromatic heterocycles. The number of benzene rings is 2. The van der Waals surface area contributed by atoms with Crippen molar-refractivity contribution in [3.05, 3.63) is 52.2 Å². The molecule has 2 aromatic carbocycles. The molecule has 8 nitrogen and oxygen atoms in total. The van der Waals surface area contributed by atoms with Crippen LogP contribution in [0.3, 0.4) is 0 Å². The summed E-state index contributed by atoms with van der Waals surface area (Å²) in [5, 5.41) is 4.04. The van der Waals surface area contributed by atoms with Crippen LogP contribution in [0.4, 0.5) is 5.69 Å². The summed E-state index contributed by atoms with van der Waals surface area (Å²) in [5.74, 6) is 0.548. The van der Waals surface area contributed by atoms with Gasteiger partial charge >= 0.3 is 5.97 Å².